The van der Waals surface area contributed by atoms with Gasteiger partial charge >= 0.3 is 0 Å². The molecule has 0 spiro atoms. The Bertz CT molecular complexity index is 1060. The Balaban J connectivity index is 1.10. The van der Waals surface area contributed by atoms with E-state index in [2.05, 4.69) is 36.6 Å². The van der Waals surface area contributed by atoms with E-state index in [9.17, 15) is 14.7 Å². The molecule has 1 aromatic rings. The van der Waals surface area contributed by atoms with Crippen LogP contribution in [0.25, 0.3) is 0 Å². The maximum absolute atomic E-state index is 13.3. The summed E-state index contributed by atoms with van der Waals surface area (Å²) in [4.78, 5) is 32.2. The number of carbonyl (C=O) groups is 2. The van der Waals surface area contributed by atoms with Crippen molar-refractivity contribution < 1.29 is 14.7 Å². The highest BCUT2D eigenvalue weighted by Crippen LogP contribution is 2.53. The van der Waals surface area contributed by atoms with Gasteiger partial charge in [0.25, 0.3) is 11.8 Å². The van der Waals surface area contributed by atoms with Crippen molar-refractivity contribution >= 4 is 11.8 Å². The summed E-state index contributed by atoms with van der Waals surface area (Å²) in [6.07, 6.45) is 13.8. The van der Waals surface area contributed by atoms with Crippen molar-refractivity contribution in [2.75, 3.05) is 32.7 Å². The van der Waals surface area contributed by atoms with Crippen LogP contribution in [0, 0.1) is 17.8 Å². The van der Waals surface area contributed by atoms with Crippen molar-refractivity contribution in [3.8, 4) is 0 Å². The van der Waals surface area contributed by atoms with E-state index in [0.717, 1.165) is 35.8 Å². The van der Waals surface area contributed by atoms with E-state index in [1.165, 1.54) is 57.1 Å². The first-order valence-electron chi connectivity index (χ1n) is 15.7. The minimum atomic E-state index is -1.13. The number of nitrogens with zero attached hydrogens (tertiary/aromatic N) is 3. The molecule has 1 aromatic carbocycles. The maximum atomic E-state index is 13.3. The zero-order valence-corrected chi connectivity index (χ0v) is 23.8. The molecule has 2 amide bonds. The van der Waals surface area contributed by atoms with E-state index in [0.29, 0.717) is 51.0 Å². The Hall–Kier alpha value is -2.18. The molecule has 2 aliphatic carbocycles. The lowest BCUT2D eigenvalue weighted by atomic mass is 9.64. The Morgan fingerprint density at radius 3 is 2.41 bits per heavy atom. The Morgan fingerprint density at radius 1 is 1.00 bits per heavy atom. The summed E-state index contributed by atoms with van der Waals surface area (Å²) in [5.41, 5.74) is 1.01. The van der Waals surface area contributed by atoms with Crippen LogP contribution in [-0.2, 0) is 4.79 Å². The highest BCUT2D eigenvalue weighted by atomic mass is 16.3. The highest BCUT2D eigenvalue weighted by Gasteiger charge is 2.52. The van der Waals surface area contributed by atoms with Gasteiger partial charge in [-0.25, -0.2) is 0 Å². The molecule has 5 aliphatic rings. The van der Waals surface area contributed by atoms with Crippen LogP contribution in [0.2, 0.25) is 0 Å². The summed E-state index contributed by atoms with van der Waals surface area (Å²) in [6.45, 7) is 9.66. The molecule has 5 fully saturated rings. The van der Waals surface area contributed by atoms with E-state index >= 15 is 0 Å². The smallest absolute Gasteiger partial charge is 0.254 e. The summed E-state index contributed by atoms with van der Waals surface area (Å²) >= 11 is 0. The predicted molar refractivity (Wildman–Crippen MR) is 153 cm³/mol. The van der Waals surface area contributed by atoms with Crippen LogP contribution < -0.4 is 0 Å². The molecule has 7 atom stereocenters. The lowest BCUT2D eigenvalue weighted by Gasteiger charge is -2.50. The fraction of sp³-hybridized carbons (Fsp3) is 0.697. The minimum Gasteiger partial charge on any atom is -0.380 e. The van der Waals surface area contributed by atoms with Crippen molar-refractivity contribution in [3.63, 3.8) is 0 Å². The molecular formula is C33H47N3O3. The summed E-state index contributed by atoms with van der Waals surface area (Å²) in [7, 11) is 0. The van der Waals surface area contributed by atoms with E-state index in [-0.39, 0.29) is 11.8 Å². The largest absolute Gasteiger partial charge is 0.380 e. The Morgan fingerprint density at radius 2 is 1.72 bits per heavy atom. The van der Waals surface area contributed by atoms with Crippen LogP contribution in [-0.4, -0.2) is 82.0 Å². The molecule has 6 heteroatoms. The first-order chi connectivity index (χ1) is 18.9. The van der Waals surface area contributed by atoms with Gasteiger partial charge in [0, 0.05) is 49.7 Å². The summed E-state index contributed by atoms with van der Waals surface area (Å²) in [5, 5.41) is 10.1. The third kappa shape index (κ3) is 5.19. The number of hydrogen-bond donors (Lipinski definition) is 1. The number of piperazine rings is 1. The standard InChI is InChI=1S/C33H47N3O3/c1-3-4-5-7-24-8-6-9-28-27-14-17-36(29(27)22-24)23(2)30(28)25-10-12-26(13-11-25)31(37)34-18-20-35(21-19-34)32(38)33(39)15-16-33/h3,10-13,23-24,27-30,39H,1,4-9,14-22H2,2H3. The van der Waals surface area contributed by atoms with E-state index < -0.39 is 5.60 Å². The molecule has 6 rings (SSSR count). The highest BCUT2D eigenvalue weighted by molar-refractivity contribution is 5.94. The van der Waals surface area contributed by atoms with Gasteiger partial charge in [0.05, 0.1) is 0 Å². The average molecular weight is 534 g/mol. The van der Waals surface area contributed by atoms with Crippen molar-refractivity contribution in [1.29, 1.82) is 0 Å². The number of unbranched alkanes of at least 4 members (excludes halogenated alkanes) is 1. The molecule has 7 unspecified atom stereocenters. The number of allylic oxidation sites excluding steroid dienone is 1. The van der Waals surface area contributed by atoms with Gasteiger partial charge in [-0.15, -0.1) is 6.58 Å². The number of hydrogen-bond acceptors (Lipinski definition) is 4. The van der Waals surface area contributed by atoms with Crippen molar-refractivity contribution in [2.45, 2.75) is 94.7 Å². The van der Waals surface area contributed by atoms with Crippen LogP contribution in [0.3, 0.4) is 0 Å². The number of benzene rings is 1. The lowest BCUT2D eigenvalue weighted by molar-refractivity contribution is -0.143. The van der Waals surface area contributed by atoms with E-state index in [1.54, 1.807) is 4.90 Å². The van der Waals surface area contributed by atoms with Gasteiger partial charge < -0.3 is 14.9 Å². The third-order valence-corrected chi connectivity index (χ3v) is 11.0. The van der Waals surface area contributed by atoms with Gasteiger partial charge in [0.2, 0.25) is 0 Å². The van der Waals surface area contributed by atoms with E-state index in [4.69, 9.17) is 0 Å². The average Bonchev–Trinajstić information content (AvgIpc) is 3.61. The van der Waals surface area contributed by atoms with Crippen LogP contribution in [0.5, 0.6) is 0 Å². The first kappa shape index (κ1) is 27.0. The molecular weight excluding hydrogens is 486 g/mol. The molecule has 0 aromatic heterocycles. The third-order valence-electron chi connectivity index (χ3n) is 11.0. The van der Waals surface area contributed by atoms with Gasteiger partial charge in [0.15, 0.2) is 0 Å². The molecule has 2 saturated carbocycles. The molecule has 0 radical (unpaired) electrons. The second-order valence-corrected chi connectivity index (χ2v) is 13.2. The van der Waals surface area contributed by atoms with Crippen LogP contribution >= 0.6 is 0 Å². The minimum absolute atomic E-state index is 0.0489. The number of amides is 2. The van der Waals surface area contributed by atoms with Gasteiger partial charge in [0.1, 0.15) is 5.60 Å². The van der Waals surface area contributed by atoms with Gasteiger partial charge in [-0.05, 0) is 93.9 Å². The molecule has 3 saturated heterocycles. The molecule has 6 nitrogen and oxygen atoms in total. The molecule has 212 valence electrons. The SMILES string of the molecule is C=CCCCC1CCCC2C3CCN(C(C)C2c2ccc(C(=O)N4CCN(C(=O)C5(O)CC5)CC4)cc2)C3C1. The van der Waals surface area contributed by atoms with Crippen molar-refractivity contribution in [2.24, 2.45) is 17.8 Å². The topological polar surface area (TPSA) is 64.1 Å². The number of carbonyl (C=O) groups excluding carboxylic acids is 2. The number of rotatable bonds is 7. The first-order valence-corrected chi connectivity index (χ1v) is 15.7. The van der Waals surface area contributed by atoms with Gasteiger partial charge in [-0.2, -0.15) is 0 Å². The fourth-order valence-corrected chi connectivity index (χ4v) is 8.65. The van der Waals surface area contributed by atoms with Gasteiger partial charge in [-0.3, -0.25) is 14.5 Å². The molecule has 3 heterocycles. The Kier molecular flexibility index (Phi) is 7.62. The summed E-state index contributed by atoms with van der Waals surface area (Å²) in [5.74, 6) is 2.84. The number of piperidine rings is 1. The maximum Gasteiger partial charge on any atom is 0.254 e. The zero-order chi connectivity index (χ0) is 27.1. The molecule has 4 bridgehead atoms. The van der Waals surface area contributed by atoms with E-state index in [1.807, 2.05) is 17.0 Å². The quantitative estimate of drug-likeness (QED) is 0.403. The van der Waals surface area contributed by atoms with Gasteiger partial charge in [-0.1, -0.05) is 37.5 Å². The fourth-order valence-electron chi connectivity index (χ4n) is 8.65. The second-order valence-electron chi connectivity index (χ2n) is 13.2. The predicted octanol–water partition coefficient (Wildman–Crippen LogP) is 4.83. The molecule has 39 heavy (non-hydrogen) atoms. The second kappa shape index (κ2) is 11.0. The van der Waals surface area contributed by atoms with Crippen molar-refractivity contribution in [1.82, 2.24) is 14.7 Å². The summed E-state index contributed by atoms with van der Waals surface area (Å²) in [6, 6.07) is 9.83. The molecule has 1 N–H and O–H groups in total. The summed E-state index contributed by atoms with van der Waals surface area (Å²) < 4.78 is 0. The monoisotopic (exact) mass is 533 g/mol. The number of aliphatic hydroxyl groups is 1. The van der Waals surface area contributed by atoms with Crippen LogP contribution in [0.4, 0.5) is 0 Å². The zero-order valence-electron chi connectivity index (χ0n) is 23.8. The van der Waals surface area contributed by atoms with Crippen LogP contribution in [0.15, 0.2) is 36.9 Å². The normalized spacial score (nSPS) is 35.2. The Labute approximate surface area is 234 Å². The lowest BCUT2D eigenvalue weighted by Crippen LogP contribution is -2.53. The van der Waals surface area contributed by atoms with Crippen molar-refractivity contribution in [3.05, 3.63) is 48.0 Å². The van der Waals surface area contributed by atoms with Crippen LogP contribution in [0.1, 0.15) is 93.0 Å². The molecule has 3 aliphatic heterocycles.